The standard InChI is InChI=1S/C42H53N5O9S/c1-10-26-23-42(26,37(50)46-57(52,53)41(8)18-19-41)45-35(48)32-21-28(24-47(32)36(49)34(39(2,3)4)44-38(51)56-40(5,6)7)55-33-22-30(25-14-12-11-13-15-25)43-31-20-27(54-9)16-17-29(31)33/h10-17,20,22,26,28,32,34H,1,18-19,21,23-24H2,2-9H3,(H,44,51)(H,45,48)(H,46,50)/t26?,28-,32+,34?,42-/m1/s1. The number of alkyl carbamates (subject to hydrolysis) is 1. The number of amides is 4. The number of nitrogens with one attached hydrogen (secondary N) is 3. The fourth-order valence-corrected chi connectivity index (χ4v) is 8.38. The van der Waals surface area contributed by atoms with E-state index in [1.807, 2.05) is 42.5 Å². The molecule has 2 heterocycles. The van der Waals surface area contributed by atoms with Gasteiger partial charge >= 0.3 is 6.09 Å². The van der Waals surface area contributed by atoms with Crippen molar-refractivity contribution in [2.24, 2.45) is 11.3 Å². The second-order valence-electron chi connectivity index (χ2n) is 17.6. The Morgan fingerprint density at radius 2 is 1.70 bits per heavy atom. The van der Waals surface area contributed by atoms with Crippen molar-refractivity contribution in [2.45, 2.75) is 108 Å². The van der Waals surface area contributed by atoms with Crippen molar-refractivity contribution in [2.75, 3.05) is 13.7 Å². The van der Waals surface area contributed by atoms with E-state index in [2.05, 4.69) is 21.9 Å². The highest BCUT2D eigenvalue weighted by Gasteiger charge is 2.63. The molecule has 3 aliphatic rings. The van der Waals surface area contributed by atoms with Crippen molar-refractivity contribution in [1.29, 1.82) is 0 Å². The van der Waals surface area contributed by atoms with Crippen LogP contribution in [0.1, 0.15) is 74.1 Å². The molecule has 3 fully saturated rings. The van der Waals surface area contributed by atoms with Crippen LogP contribution in [0.2, 0.25) is 0 Å². The third-order valence-corrected chi connectivity index (χ3v) is 13.0. The zero-order valence-electron chi connectivity index (χ0n) is 33.8. The molecular weight excluding hydrogens is 751 g/mol. The van der Waals surface area contributed by atoms with Gasteiger partial charge in [-0.25, -0.2) is 18.2 Å². The van der Waals surface area contributed by atoms with Crippen molar-refractivity contribution in [3.05, 3.63) is 67.3 Å². The summed E-state index contributed by atoms with van der Waals surface area (Å²) in [4.78, 5) is 62.2. The van der Waals surface area contributed by atoms with E-state index in [9.17, 15) is 27.6 Å². The molecule has 1 aliphatic heterocycles. The Morgan fingerprint density at radius 3 is 2.28 bits per heavy atom. The zero-order valence-corrected chi connectivity index (χ0v) is 34.6. The lowest BCUT2D eigenvalue weighted by Crippen LogP contribution is -2.60. The lowest BCUT2D eigenvalue weighted by molar-refractivity contribution is -0.143. The topological polar surface area (TPSA) is 182 Å². The summed E-state index contributed by atoms with van der Waals surface area (Å²) in [5.41, 5.74) is -1.19. The molecule has 1 aromatic heterocycles. The molecular formula is C42H53N5O9S. The average molecular weight is 804 g/mol. The van der Waals surface area contributed by atoms with Gasteiger partial charge in [-0.15, -0.1) is 6.58 Å². The number of sulfonamides is 1. The first-order valence-electron chi connectivity index (χ1n) is 19.1. The van der Waals surface area contributed by atoms with Gasteiger partial charge < -0.3 is 29.7 Å². The summed E-state index contributed by atoms with van der Waals surface area (Å²) in [6.45, 7) is 15.8. The van der Waals surface area contributed by atoms with Crippen LogP contribution in [0.3, 0.4) is 0 Å². The second kappa shape index (κ2) is 15.0. The van der Waals surface area contributed by atoms with E-state index in [0.29, 0.717) is 40.9 Å². The number of carbonyl (C=O) groups is 4. The molecule has 0 spiro atoms. The smallest absolute Gasteiger partial charge is 0.408 e. The van der Waals surface area contributed by atoms with Gasteiger partial charge in [-0.05, 0) is 64.5 Å². The molecule has 14 nitrogen and oxygen atoms in total. The van der Waals surface area contributed by atoms with Gasteiger partial charge in [0, 0.05) is 35.4 Å². The molecule has 6 rings (SSSR count). The lowest BCUT2D eigenvalue weighted by atomic mass is 9.85. The molecule has 3 aromatic rings. The number of rotatable bonds is 12. The molecule has 2 aliphatic carbocycles. The number of aromatic nitrogens is 1. The highest BCUT2D eigenvalue weighted by atomic mass is 32.2. The fraction of sp³-hybridized carbons (Fsp3) is 0.500. The van der Waals surface area contributed by atoms with E-state index in [0.717, 1.165) is 5.56 Å². The molecule has 15 heteroatoms. The molecule has 0 bridgehead atoms. The molecule has 1 saturated heterocycles. The number of nitrogens with zero attached hydrogens (tertiary/aromatic N) is 2. The van der Waals surface area contributed by atoms with Crippen LogP contribution >= 0.6 is 0 Å². The zero-order chi connectivity index (χ0) is 41.7. The minimum Gasteiger partial charge on any atom is -0.497 e. The maximum Gasteiger partial charge on any atom is 0.408 e. The highest BCUT2D eigenvalue weighted by Crippen LogP contribution is 2.47. The first-order chi connectivity index (χ1) is 26.6. The van der Waals surface area contributed by atoms with Crippen LogP contribution in [0.25, 0.3) is 22.2 Å². The van der Waals surface area contributed by atoms with Gasteiger partial charge in [-0.2, -0.15) is 0 Å². The van der Waals surface area contributed by atoms with E-state index < -0.39 is 79.2 Å². The Kier molecular flexibility index (Phi) is 10.9. The Labute approximate surface area is 334 Å². The normalized spacial score (nSPS) is 23.2. The summed E-state index contributed by atoms with van der Waals surface area (Å²) < 4.78 is 45.0. The fourth-order valence-electron chi connectivity index (χ4n) is 7.07. The van der Waals surface area contributed by atoms with E-state index in [1.54, 1.807) is 67.7 Å². The van der Waals surface area contributed by atoms with E-state index in [1.165, 1.54) is 11.0 Å². The molecule has 2 unspecified atom stereocenters. The number of hydrogen-bond donors (Lipinski definition) is 3. The number of benzene rings is 2. The minimum atomic E-state index is -4.02. The monoisotopic (exact) mass is 803 g/mol. The maximum atomic E-state index is 14.7. The molecule has 2 saturated carbocycles. The maximum absolute atomic E-state index is 14.7. The van der Waals surface area contributed by atoms with Crippen LogP contribution in [0.4, 0.5) is 4.79 Å². The van der Waals surface area contributed by atoms with Crippen molar-refractivity contribution in [1.82, 2.24) is 25.2 Å². The van der Waals surface area contributed by atoms with E-state index >= 15 is 0 Å². The number of methoxy groups -OCH3 is 1. The van der Waals surface area contributed by atoms with Crippen molar-refractivity contribution < 1.29 is 41.8 Å². The summed E-state index contributed by atoms with van der Waals surface area (Å²) in [6, 6.07) is 14.5. The largest absolute Gasteiger partial charge is 0.497 e. The van der Waals surface area contributed by atoms with E-state index in [-0.39, 0.29) is 19.4 Å². The van der Waals surface area contributed by atoms with Crippen molar-refractivity contribution in [3.8, 4) is 22.8 Å². The summed E-state index contributed by atoms with van der Waals surface area (Å²) >= 11 is 0. The predicted octanol–water partition coefficient (Wildman–Crippen LogP) is 5.26. The summed E-state index contributed by atoms with van der Waals surface area (Å²) in [5, 5.41) is 6.23. The molecule has 0 radical (unpaired) electrons. The first-order valence-corrected chi connectivity index (χ1v) is 20.6. The van der Waals surface area contributed by atoms with E-state index in [4.69, 9.17) is 19.2 Å². The van der Waals surface area contributed by atoms with Crippen LogP contribution in [0, 0.1) is 11.3 Å². The van der Waals surface area contributed by atoms with Crippen molar-refractivity contribution in [3.63, 3.8) is 0 Å². The number of fused-ring (bicyclic) bond motifs is 1. The molecule has 306 valence electrons. The van der Waals surface area contributed by atoms with Crippen LogP contribution in [-0.4, -0.2) is 89.8 Å². The number of carbonyl (C=O) groups excluding carboxylic acids is 4. The molecule has 5 atom stereocenters. The van der Waals surface area contributed by atoms with Gasteiger partial charge in [0.2, 0.25) is 21.8 Å². The number of likely N-dealkylation sites (tertiary alicyclic amines) is 1. The first kappa shape index (κ1) is 41.5. The Hall–Kier alpha value is -5.18. The van der Waals surface area contributed by atoms with Crippen LogP contribution in [0.15, 0.2) is 67.3 Å². The van der Waals surface area contributed by atoms with Gasteiger partial charge in [-0.3, -0.25) is 19.1 Å². The molecule has 4 amide bonds. The Morgan fingerprint density at radius 1 is 1.02 bits per heavy atom. The number of hydrogen-bond acceptors (Lipinski definition) is 10. The Balaban J connectivity index is 1.35. The summed E-state index contributed by atoms with van der Waals surface area (Å²) in [5.74, 6) is -1.59. The van der Waals surface area contributed by atoms with Gasteiger partial charge in [-0.1, -0.05) is 57.2 Å². The summed E-state index contributed by atoms with van der Waals surface area (Å²) in [7, 11) is -2.45. The second-order valence-corrected chi connectivity index (χ2v) is 19.8. The van der Waals surface area contributed by atoms with Gasteiger partial charge in [0.1, 0.15) is 40.8 Å². The third kappa shape index (κ3) is 8.73. The summed E-state index contributed by atoms with van der Waals surface area (Å²) in [6.07, 6.45) is 0.929. The quantitative estimate of drug-likeness (QED) is 0.205. The van der Waals surface area contributed by atoms with Crippen LogP contribution in [0.5, 0.6) is 11.5 Å². The number of pyridine rings is 1. The van der Waals surface area contributed by atoms with Crippen LogP contribution in [-0.2, 0) is 29.1 Å². The van der Waals surface area contributed by atoms with Gasteiger partial charge in [0.15, 0.2) is 0 Å². The molecule has 2 aromatic carbocycles. The molecule has 57 heavy (non-hydrogen) atoms. The van der Waals surface area contributed by atoms with Crippen LogP contribution < -0.4 is 24.8 Å². The van der Waals surface area contributed by atoms with Crippen molar-refractivity contribution >= 4 is 44.7 Å². The minimum absolute atomic E-state index is 0.00827. The Bertz CT molecular complexity index is 2190. The molecule has 3 N–H and O–H groups in total. The lowest BCUT2D eigenvalue weighted by Gasteiger charge is -2.36. The average Bonchev–Trinajstić information content (AvgIpc) is 4.02. The highest BCUT2D eigenvalue weighted by molar-refractivity contribution is 7.91. The third-order valence-electron chi connectivity index (χ3n) is 10.8. The SMILES string of the molecule is C=CC1C[C@]1(NC(=O)[C@@H]1C[C@@H](Oc2cc(-c3ccccc3)nc3cc(OC)ccc23)CN1C(=O)C(NC(=O)OC(C)(C)C)C(C)(C)C)C(=O)NS(=O)(=O)C1(C)CC1. The number of ether oxygens (including phenoxy) is 3. The van der Waals surface area contributed by atoms with Gasteiger partial charge in [0.05, 0.1) is 29.6 Å². The van der Waals surface area contributed by atoms with Gasteiger partial charge in [0.25, 0.3) is 5.91 Å². The predicted molar refractivity (Wildman–Crippen MR) is 215 cm³/mol.